The summed E-state index contributed by atoms with van der Waals surface area (Å²) in [6.45, 7) is 1.52. The van der Waals surface area contributed by atoms with Gasteiger partial charge < -0.3 is 16.4 Å². The van der Waals surface area contributed by atoms with E-state index in [1.807, 2.05) is 54.6 Å². The van der Waals surface area contributed by atoms with Gasteiger partial charge in [0.15, 0.2) is 0 Å². The molecule has 6 nitrogen and oxygen atoms in total. The fraction of sp³-hybridized carbons (Fsp3) is 0.179. The van der Waals surface area contributed by atoms with Gasteiger partial charge in [-0.3, -0.25) is 14.8 Å². The molecule has 7 heteroatoms. The molecule has 2 aromatic carbocycles. The van der Waals surface area contributed by atoms with Crippen molar-refractivity contribution in [2.24, 2.45) is 5.73 Å². The zero-order chi connectivity index (χ0) is 24.5. The van der Waals surface area contributed by atoms with Gasteiger partial charge in [-0.05, 0) is 61.0 Å². The minimum absolute atomic E-state index is 0.211. The Hall–Kier alpha value is -4.10. The summed E-state index contributed by atoms with van der Waals surface area (Å²) in [4.78, 5) is 21.6. The van der Waals surface area contributed by atoms with Gasteiger partial charge in [-0.1, -0.05) is 36.4 Å². The fourth-order valence-electron chi connectivity index (χ4n) is 3.77. The van der Waals surface area contributed by atoms with Gasteiger partial charge in [-0.2, -0.15) is 0 Å². The lowest BCUT2D eigenvalue weighted by molar-refractivity contribution is 0.0950. The van der Waals surface area contributed by atoms with Crippen LogP contribution < -0.4 is 16.4 Å². The van der Waals surface area contributed by atoms with Crippen LogP contribution in [0.5, 0.6) is 0 Å². The molecule has 4 N–H and O–H groups in total. The lowest BCUT2D eigenvalue weighted by Gasteiger charge is -2.12. The van der Waals surface area contributed by atoms with E-state index in [9.17, 15) is 9.18 Å². The molecule has 0 spiro atoms. The Bertz CT molecular complexity index is 1280. The summed E-state index contributed by atoms with van der Waals surface area (Å²) in [5.74, 6) is -0.441. The molecule has 35 heavy (non-hydrogen) atoms. The van der Waals surface area contributed by atoms with E-state index in [0.717, 1.165) is 33.9 Å². The topological polar surface area (TPSA) is 92.9 Å². The molecule has 0 bridgehead atoms. The van der Waals surface area contributed by atoms with E-state index in [1.54, 1.807) is 24.4 Å². The SMILES string of the molecule is NCCc1cccc(CNC(=O)c2ccc(-c3ccccc3NCCc3cccc(F)c3)nc2)n1. The number of halogens is 1. The summed E-state index contributed by atoms with van der Waals surface area (Å²) in [6.07, 6.45) is 2.98. The number of hydrogen-bond acceptors (Lipinski definition) is 5. The highest BCUT2D eigenvalue weighted by Gasteiger charge is 2.10. The van der Waals surface area contributed by atoms with E-state index in [0.29, 0.717) is 38.0 Å². The average Bonchev–Trinajstić information content (AvgIpc) is 2.88. The smallest absolute Gasteiger partial charge is 0.253 e. The first-order valence-corrected chi connectivity index (χ1v) is 11.6. The molecule has 0 aliphatic rings. The van der Waals surface area contributed by atoms with Gasteiger partial charge in [0.1, 0.15) is 5.82 Å². The molecule has 4 aromatic rings. The lowest BCUT2D eigenvalue weighted by atomic mass is 10.1. The number of amides is 1. The zero-order valence-electron chi connectivity index (χ0n) is 19.4. The Kier molecular flexibility index (Phi) is 8.14. The molecule has 2 heterocycles. The lowest BCUT2D eigenvalue weighted by Crippen LogP contribution is -2.23. The summed E-state index contributed by atoms with van der Waals surface area (Å²) in [5, 5.41) is 6.30. The molecule has 0 unspecified atom stereocenters. The summed E-state index contributed by atoms with van der Waals surface area (Å²) in [5.41, 5.74) is 11.3. The van der Waals surface area contributed by atoms with Crippen molar-refractivity contribution in [3.05, 3.63) is 113 Å². The maximum absolute atomic E-state index is 13.4. The van der Waals surface area contributed by atoms with Gasteiger partial charge in [0.25, 0.3) is 5.91 Å². The van der Waals surface area contributed by atoms with E-state index in [2.05, 4.69) is 20.6 Å². The number of para-hydroxylation sites is 1. The quantitative estimate of drug-likeness (QED) is 0.321. The van der Waals surface area contributed by atoms with Gasteiger partial charge in [-0.25, -0.2) is 4.39 Å². The number of nitrogens with two attached hydrogens (primary N) is 1. The van der Waals surface area contributed by atoms with E-state index >= 15 is 0 Å². The standard InChI is InChI=1S/C28H28FN5O/c29-22-6-3-5-20(17-22)14-16-31-26-10-2-1-9-25(26)27-12-11-21(18-32-27)28(35)33-19-24-8-4-7-23(34-24)13-15-30/h1-12,17-18,31H,13-16,19,30H2,(H,33,35). The van der Waals surface area contributed by atoms with Crippen molar-refractivity contribution >= 4 is 11.6 Å². The number of carbonyl (C=O) groups excluding carboxylic acids is 1. The van der Waals surface area contributed by atoms with Crippen LogP contribution in [0.25, 0.3) is 11.3 Å². The van der Waals surface area contributed by atoms with Crippen LogP contribution in [0, 0.1) is 5.82 Å². The zero-order valence-corrected chi connectivity index (χ0v) is 19.4. The van der Waals surface area contributed by atoms with Gasteiger partial charge in [0.05, 0.1) is 23.5 Å². The van der Waals surface area contributed by atoms with E-state index in [4.69, 9.17) is 5.73 Å². The first-order chi connectivity index (χ1) is 17.1. The number of nitrogens with one attached hydrogen (secondary N) is 2. The van der Waals surface area contributed by atoms with Crippen LogP contribution in [0.15, 0.2) is 85.1 Å². The number of aromatic nitrogens is 2. The number of pyridine rings is 2. The normalized spacial score (nSPS) is 10.7. The second kappa shape index (κ2) is 11.9. The van der Waals surface area contributed by atoms with Crippen LogP contribution in [-0.4, -0.2) is 29.0 Å². The average molecular weight is 470 g/mol. The molecule has 1 amide bonds. The number of carbonyl (C=O) groups is 1. The molecule has 0 saturated carbocycles. The summed E-state index contributed by atoms with van der Waals surface area (Å²) in [7, 11) is 0. The molecular formula is C28H28FN5O. The monoisotopic (exact) mass is 469 g/mol. The van der Waals surface area contributed by atoms with Crippen molar-refractivity contribution in [1.82, 2.24) is 15.3 Å². The third kappa shape index (κ3) is 6.71. The number of hydrogen-bond donors (Lipinski definition) is 3. The molecule has 0 radical (unpaired) electrons. The Morgan fingerprint density at radius 3 is 2.54 bits per heavy atom. The number of nitrogens with zero attached hydrogens (tertiary/aromatic N) is 2. The van der Waals surface area contributed by atoms with Crippen LogP contribution in [0.1, 0.15) is 27.3 Å². The van der Waals surface area contributed by atoms with Gasteiger partial charge in [0.2, 0.25) is 0 Å². The molecular weight excluding hydrogens is 441 g/mol. The molecule has 4 rings (SSSR count). The Labute approximate surface area is 204 Å². The van der Waals surface area contributed by atoms with Gasteiger partial charge in [0, 0.05) is 36.1 Å². The summed E-state index contributed by atoms with van der Waals surface area (Å²) in [6, 6.07) is 23.8. The van der Waals surface area contributed by atoms with Crippen LogP contribution >= 0.6 is 0 Å². The number of anilines is 1. The van der Waals surface area contributed by atoms with Crippen molar-refractivity contribution in [2.75, 3.05) is 18.4 Å². The van der Waals surface area contributed by atoms with Crippen molar-refractivity contribution in [1.29, 1.82) is 0 Å². The van der Waals surface area contributed by atoms with E-state index < -0.39 is 0 Å². The van der Waals surface area contributed by atoms with Crippen molar-refractivity contribution in [2.45, 2.75) is 19.4 Å². The van der Waals surface area contributed by atoms with Crippen LogP contribution in [0.3, 0.4) is 0 Å². The summed E-state index contributed by atoms with van der Waals surface area (Å²) < 4.78 is 13.4. The maximum atomic E-state index is 13.4. The van der Waals surface area contributed by atoms with Crippen LogP contribution in [-0.2, 0) is 19.4 Å². The van der Waals surface area contributed by atoms with E-state index in [1.165, 1.54) is 6.07 Å². The molecule has 0 saturated heterocycles. The Balaban J connectivity index is 1.37. The third-order valence-electron chi connectivity index (χ3n) is 5.54. The minimum Gasteiger partial charge on any atom is -0.384 e. The molecule has 2 aromatic heterocycles. The Morgan fingerprint density at radius 2 is 1.74 bits per heavy atom. The molecule has 0 fully saturated rings. The number of benzene rings is 2. The largest absolute Gasteiger partial charge is 0.384 e. The predicted molar refractivity (Wildman–Crippen MR) is 136 cm³/mol. The maximum Gasteiger partial charge on any atom is 0.253 e. The van der Waals surface area contributed by atoms with Crippen LogP contribution in [0.2, 0.25) is 0 Å². The number of rotatable bonds is 10. The second-order valence-corrected chi connectivity index (χ2v) is 8.13. The molecule has 178 valence electrons. The first-order valence-electron chi connectivity index (χ1n) is 11.6. The molecule has 0 atom stereocenters. The molecule has 0 aliphatic carbocycles. The molecule has 0 aliphatic heterocycles. The Morgan fingerprint density at radius 1 is 0.914 bits per heavy atom. The highest BCUT2D eigenvalue weighted by atomic mass is 19.1. The van der Waals surface area contributed by atoms with Crippen molar-refractivity contribution < 1.29 is 9.18 Å². The highest BCUT2D eigenvalue weighted by Crippen LogP contribution is 2.26. The van der Waals surface area contributed by atoms with Crippen LogP contribution in [0.4, 0.5) is 10.1 Å². The highest BCUT2D eigenvalue weighted by molar-refractivity contribution is 5.94. The van der Waals surface area contributed by atoms with Crippen molar-refractivity contribution in [3.8, 4) is 11.3 Å². The van der Waals surface area contributed by atoms with Gasteiger partial charge in [-0.15, -0.1) is 0 Å². The van der Waals surface area contributed by atoms with E-state index in [-0.39, 0.29) is 11.7 Å². The summed E-state index contributed by atoms with van der Waals surface area (Å²) >= 11 is 0. The predicted octanol–water partition coefficient (Wildman–Crippen LogP) is 4.37. The third-order valence-corrected chi connectivity index (χ3v) is 5.54. The van der Waals surface area contributed by atoms with Crippen molar-refractivity contribution in [3.63, 3.8) is 0 Å². The fourth-order valence-corrected chi connectivity index (χ4v) is 3.77. The second-order valence-electron chi connectivity index (χ2n) is 8.13. The van der Waals surface area contributed by atoms with Gasteiger partial charge >= 0.3 is 0 Å². The minimum atomic E-state index is -0.229. The first kappa shape index (κ1) is 24.0.